The van der Waals surface area contributed by atoms with Gasteiger partial charge in [0.05, 0.1) is 0 Å². The number of hydrogen-bond acceptors (Lipinski definition) is 4. The first-order chi connectivity index (χ1) is 9.66. The van der Waals surface area contributed by atoms with Gasteiger partial charge in [0, 0.05) is 16.2 Å². The second-order valence-corrected chi connectivity index (χ2v) is 5.34. The predicted molar refractivity (Wildman–Crippen MR) is 78.3 cm³/mol. The number of nitrogens with zero attached hydrogens (tertiary/aromatic N) is 2. The minimum absolute atomic E-state index is 0.00375. The lowest BCUT2D eigenvalue weighted by Gasteiger charge is -2.12. The van der Waals surface area contributed by atoms with Crippen LogP contribution in [0.25, 0.3) is 0 Å². The van der Waals surface area contributed by atoms with Gasteiger partial charge in [0.15, 0.2) is 5.69 Å². The molecule has 0 atom stereocenters. The number of nitrogen functional groups attached to an aromatic ring is 1. The Morgan fingerprint density at radius 2 is 1.67 bits per heavy atom. The summed E-state index contributed by atoms with van der Waals surface area (Å²) in [5.41, 5.74) is 6.78. The summed E-state index contributed by atoms with van der Waals surface area (Å²) in [4.78, 5) is 6.96. The van der Waals surface area contributed by atoms with Gasteiger partial charge < -0.3 is 11.1 Å². The van der Waals surface area contributed by atoms with E-state index < -0.39 is 17.8 Å². The molecule has 0 aliphatic rings. The first kappa shape index (κ1) is 15.6. The molecular weight excluding hydrogens is 349 g/mol. The van der Waals surface area contributed by atoms with Crippen molar-refractivity contribution in [3.05, 3.63) is 39.5 Å². The number of aromatic nitrogens is 2. The van der Waals surface area contributed by atoms with Crippen LogP contribution in [-0.2, 0) is 6.18 Å². The Labute approximate surface area is 127 Å². The summed E-state index contributed by atoms with van der Waals surface area (Å²) in [5.74, 6) is -0.436. The quantitative estimate of drug-likeness (QED) is 0.842. The maximum Gasteiger partial charge on any atom is 0.433 e. The highest BCUT2D eigenvalue weighted by atomic mass is 79.9. The smallest absolute Gasteiger partial charge is 0.368 e. The molecule has 0 saturated heterocycles. The average Bonchev–Trinajstić information content (AvgIpc) is 2.34. The second kappa shape index (κ2) is 5.51. The number of aryl methyl sites for hydroxylation is 2. The zero-order chi connectivity index (χ0) is 15.8. The summed E-state index contributed by atoms with van der Waals surface area (Å²) in [7, 11) is 0. The third-order valence-electron chi connectivity index (χ3n) is 2.74. The molecule has 0 radical (unpaired) electrons. The molecule has 2 aromatic rings. The monoisotopic (exact) mass is 360 g/mol. The number of alkyl halides is 3. The lowest BCUT2D eigenvalue weighted by atomic mass is 10.1. The van der Waals surface area contributed by atoms with Gasteiger partial charge in [-0.25, -0.2) is 4.98 Å². The standard InChI is InChI=1S/C13H12BrF3N4/c1-6-3-8(4-7(2)11(6)14)19-10-5-9(13(15,16)17)20-12(18)21-10/h3-5H,1-2H3,(H3,18,19,20,21). The van der Waals surface area contributed by atoms with E-state index in [9.17, 15) is 13.2 Å². The van der Waals surface area contributed by atoms with E-state index in [4.69, 9.17) is 5.73 Å². The Morgan fingerprint density at radius 1 is 1.10 bits per heavy atom. The van der Waals surface area contributed by atoms with E-state index in [1.807, 2.05) is 13.8 Å². The summed E-state index contributed by atoms with van der Waals surface area (Å²) >= 11 is 3.43. The molecule has 2 rings (SSSR count). The Hall–Kier alpha value is -1.83. The van der Waals surface area contributed by atoms with Gasteiger partial charge >= 0.3 is 6.18 Å². The molecule has 0 unspecified atom stereocenters. The van der Waals surface area contributed by atoms with Crippen LogP contribution < -0.4 is 11.1 Å². The van der Waals surface area contributed by atoms with Crippen LogP contribution in [0.15, 0.2) is 22.7 Å². The van der Waals surface area contributed by atoms with Crippen molar-refractivity contribution in [1.82, 2.24) is 9.97 Å². The van der Waals surface area contributed by atoms with E-state index in [-0.39, 0.29) is 5.82 Å². The van der Waals surface area contributed by atoms with Gasteiger partial charge in [-0.1, -0.05) is 15.9 Å². The number of benzene rings is 1. The summed E-state index contributed by atoms with van der Waals surface area (Å²) in [5, 5.41) is 2.81. The zero-order valence-corrected chi connectivity index (χ0v) is 12.8. The Balaban J connectivity index is 2.38. The molecule has 8 heteroatoms. The predicted octanol–water partition coefficient (Wildman–Crippen LogP) is 4.20. The molecule has 1 aromatic heterocycles. The van der Waals surface area contributed by atoms with Gasteiger partial charge in [-0.2, -0.15) is 18.2 Å². The molecule has 0 spiro atoms. The molecule has 1 heterocycles. The molecular formula is C13H12BrF3N4. The van der Waals surface area contributed by atoms with Crippen molar-refractivity contribution in [1.29, 1.82) is 0 Å². The van der Waals surface area contributed by atoms with Gasteiger partial charge in [-0.05, 0) is 37.1 Å². The minimum atomic E-state index is -4.57. The van der Waals surface area contributed by atoms with Gasteiger partial charge in [-0.3, -0.25) is 0 Å². The van der Waals surface area contributed by atoms with Crippen LogP contribution in [0, 0.1) is 13.8 Å². The second-order valence-electron chi connectivity index (χ2n) is 4.54. The van der Waals surface area contributed by atoms with E-state index in [1.54, 1.807) is 12.1 Å². The Kier molecular flexibility index (Phi) is 4.08. The van der Waals surface area contributed by atoms with Crippen LogP contribution in [0.3, 0.4) is 0 Å². The van der Waals surface area contributed by atoms with Gasteiger partial charge in [0.25, 0.3) is 0 Å². The molecule has 3 N–H and O–H groups in total. The highest BCUT2D eigenvalue weighted by Gasteiger charge is 2.33. The molecule has 0 saturated carbocycles. The molecule has 0 bridgehead atoms. The van der Waals surface area contributed by atoms with Crippen LogP contribution in [0.2, 0.25) is 0 Å². The van der Waals surface area contributed by atoms with E-state index in [1.165, 1.54) is 0 Å². The molecule has 1 aromatic carbocycles. The topological polar surface area (TPSA) is 63.8 Å². The Bertz CT molecular complexity index is 663. The van der Waals surface area contributed by atoms with Gasteiger partial charge in [-0.15, -0.1) is 0 Å². The van der Waals surface area contributed by atoms with Gasteiger partial charge in [0.2, 0.25) is 5.95 Å². The molecule has 0 aliphatic carbocycles. The molecule has 0 amide bonds. The van der Waals surface area contributed by atoms with Crippen molar-refractivity contribution in [2.24, 2.45) is 0 Å². The highest BCUT2D eigenvalue weighted by molar-refractivity contribution is 9.10. The molecule has 0 fully saturated rings. The molecule has 0 aliphatic heterocycles. The lowest BCUT2D eigenvalue weighted by Crippen LogP contribution is -2.12. The van der Waals surface area contributed by atoms with Crippen molar-refractivity contribution >= 4 is 33.4 Å². The summed E-state index contributed by atoms with van der Waals surface area (Å²) in [6.45, 7) is 3.77. The Morgan fingerprint density at radius 3 is 2.19 bits per heavy atom. The van der Waals surface area contributed by atoms with Crippen LogP contribution in [-0.4, -0.2) is 9.97 Å². The van der Waals surface area contributed by atoms with E-state index in [2.05, 4.69) is 31.2 Å². The van der Waals surface area contributed by atoms with Crippen molar-refractivity contribution in [3.63, 3.8) is 0 Å². The van der Waals surface area contributed by atoms with E-state index >= 15 is 0 Å². The summed E-state index contributed by atoms with van der Waals surface area (Å²) in [6, 6.07) is 4.41. The van der Waals surface area contributed by atoms with Crippen LogP contribution in [0.4, 0.5) is 30.6 Å². The number of nitrogens with two attached hydrogens (primary N) is 1. The van der Waals surface area contributed by atoms with E-state index in [0.717, 1.165) is 21.7 Å². The van der Waals surface area contributed by atoms with Crippen molar-refractivity contribution in [2.75, 3.05) is 11.1 Å². The number of anilines is 3. The SMILES string of the molecule is Cc1cc(Nc2cc(C(F)(F)F)nc(N)n2)cc(C)c1Br. The van der Waals surface area contributed by atoms with Crippen molar-refractivity contribution in [2.45, 2.75) is 20.0 Å². The number of hydrogen-bond donors (Lipinski definition) is 2. The summed E-state index contributed by atoms with van der Waals surface area (Å²) < 4.78 is 39.0. The first-order valence-corrected chi connectivity index (χ1v) is 6.71. The fourth-order valence-electron chi connectivity index (χ4n) is 1.84. The minimum Gasteiger partial charge on any atom is -0.368 e. The molecule has 112 valence electrons. The number of rotatable bonds is 2. The van der Waals surface area contributed by atoms with Crippen LogP contribution in [0.5, 0.6) is 0 Å². The zero-order valence-electron chi connectivity index (χ0n) is 11.2. The van der Waals surface area contributed by atoms with E-state index in [0.29, 0.717) is 5.69 Å². The van der Waals surface area contributed by atoms with Crippen molar-refractivity contribution < 1.29 is 13.2 Å². The molecule has 21 heavy (non-hydrogen) atoms. The average molecular weight is 361 g/mol. The highest BCUT2D eigenvalue weighted by Crippen LogP contribution is 2.31. The van der Waals surface area contributed by atoms with Crippen molar-refractivity contribution in [3.8, 4) is 0 Å². The fraction of sp³-hybridized carbons (Fsp3) is 0.231. The largest absolute Gasteiger partial charge is 0.433 e. The summed E-state index contributed by atoms with van der Waals surface area (Å²) in [6.07, 6.45) is -4.57. The third kappa shape index (κ3) is 3.63. The maximum atomic E-state index is 12.7. The van der Waals surface area contributed by atoms with Crippen LogP contribution in [0.1, 0.15) is 16.8 Å². The van der Waals surface area contributed by atoms with Crippen LogP contribution >= 0.6 is 15.9 Å². The fourth-order valence-corrected chi connectivity index (χ4v) is 2.07. The third-order valence-corrected chi connectivity index (χ3v) is 3.99. The van der Waals surface area contributed by atoms with Gasteiger partial charge in [0.1, 0.15) is 5.82 Å². The number of nitrogens with one attached hydrogen (secondary N) is 1. The normalized spacial score (nSPS) is 11.5. The maximum absolute atomic E-state index is 12.7. The molecule has 4 nitrogen and oxygen atoms in total. The number of halogens is 4. The lowest BCUT2D eigenvalue weighted by molar-refractivity contribution is -0.141. The first-order valence-electron chi connectivity index (χ1n) is 5.92.